The van der Waals surface area contributed by atoms with Crippen molar-refractivity contribution in [3.8, 4) is 23.0 Å². The number of ether oxygens (including phenoxy) is 2. The summed E-state index contributed by atoms with van der Waals surface area (Å²) in [6, 6.07) is 5.58. The number of piperidine rings is 1. The lowest BCUT2D eigenvalue weighted by Gasteiger charge is -2.31. The Morgan fingerprint density at radius 2 is 2.00 bits per heavy atom. The molecule has 130 valence electrons. The molecular formula is C18H19N3O4. The highest BCUT2D eigenvalue weighted by atomic mass is 16.7. The lowest BCUT2D eigenvalue weighted by molar-refractivity contribution is -0.133. The second-order valence-corrected chi connectivity index (χ2v) is 6.91. The van der Waals surface area contributed by atoms with Gasteiger partial charge in [-0.2, -0.15) is 0 Å². The number of rotatable bonds is 3. The van der Waals surface area contributed by atoms with Gasteiger partial charge in [-0.1, -0.05) is 0 Å². The number of carbonyl (C=O) groups excluding carboxylic acids is 1. The number of benzene rings is 1. The van der Waals surface area contributed by atoms with Gasteiger partial charge in [-0.3, -0.25) is 4.79 Å². The van der Waals surface area contributed by atoms with Gasteiger partial charge in [-0.05, 0) is 43.9 Å². The highest BCUT2D eigenvalue weighted by Gasteiger charge is 2.36. The molecule has 1 aliphatic carbocycles. The molecule has 1 aromatic carbocycles. The quantitative estimate of drug-likeness (QED) is 0.854. The fourth-order valence-electron chi connectivity index (χ4n) is 3.51. The molecule has 1 amide bonds. The molecule has 0 bridgehead atoms. The van der Waals surface area contributed by atoms with Gasteiger partial charge in [0.1, 0.15) is 0 Å². The van der Waals surface area contributed by atoms with Gasteiger partial charge in [-0.15, -0.1) is 10.2 Å². The first kappa shape index (κ1) is 14.7. The van der Waals surface area contributed by atoms with Crippen LogP contribution >= 0.6 is 0 Å². The first-order valence-electron chi connectivity index (χ1n) is 8.80. The van der Waals surface area contributed by atoms with E-state index in [4.69, 9.17) is 13.9 Å². The molecule has 2 aliphatic heterocycles. The van der Waals surface area contributed by atoms with Crippen LogP contribution in [0, 0.1) is 5.92 Å². The van der Waals surface area contributed by atoms with Crippen LogP contribution in [0.1, 0.15) is 37.5 Å². The number of fused-ring (bicyclic) bond motifs is 1. The van der Waals surface area contributed by atoms with E-state index in [1.807, 2.05) is 23.1 Å². The van der Waals surface area contributed by atoms with Crippen LogP contribution in [0.5, 0.6) is 11.5 Å². The largest absolute Gasteiger partial charge is 0.454 e. The molecule has 3 aliphatic rings. The zero-order valence-corrected chi connectivity index (χ0v) is 13.8. The molecule has 5 rings (SSSR count). The van der Waals surface area contributed by atoms with Crippen molar-refractivity contribution in [3.05, 3.63) is 24.1 Å². The molecule has 1 saturated heterocycles. The van der Waals surface area contributed by atoms with E-state index in [1.165, 1.54) is 0 Å². The Bertz CT molecular complexity index is 814. The second kappa shape index (κ2) is 5.75. The minimum atomic E-state index is 0.117. The minimum absolute atomic E-state index is 0.117. The monoisotopic (exact) mass is 341 g/mol. The molecule has 1 aromatic heterocycles. The predicted molar refractivity (Wildman–Crippen MR) is 87.1 cm³/mol. The molecule has 0 unspecified atom stereocenters. The minimum Gasteiger partial charge on any atom is -0.454 e. The second-order valence-electron chi connectivity index (χ2n) is 6.91. The molecule has 7 nitrogen and oxygen atoms in total. The molecule has 0 spiro atoms. The van der Waals surface area contributed by atoms with Crippen molar-refractivity contribution in [1.82, 2.24) is 15.1 Å². The number of hydrogen-bond acceptors (Lipinski definition) is 6. The number of amides is 1. The van der Waals surface area contributed by atoms with Gasteiger partial charge in [0.15, 0.2) is 11.5 Å². The van der Waals surface area contributed by atoms with E-state index in [1.54, 1.807) is 0 Å². The normalized spacial score (nSPS) is 22.2. The van der Waals surface area contributed by atoms with Crippen LogP contribution < -0.4 is 9.47 Å². The van der Waals surface area contributed by atoms with Crippen LogP contribution in [0.2, 0.25) is 0 Å². The highest BCUT2D eigenvalue weighted by molar-refractivity contribution is 5.81. The maximum absolute atomic E-state index is 12.3. The van der Waals surface area contributed by atoms with E-state index < -0.39 is 0 Å². The van der Waals surface area contributed by atoms with Crippen molar-refractivity contribution >= 4 is 5.91 Å². The molecule has 2 fully saturated rings. The standard InChI is InChI=1S/C18H19N3O4/c22-18(11-3-4-11)21-7-1-2-13(9-21)17-20-19-16(25-17)12-5-6-14-15(8-12)24-10-23-14/h5-6,8,11,13H,1-4,7,9-10H2/t13-/m0/s1. The van der Waals surface area contributed by atoms with Gasteiger partial charge in [0.2, 0.25) is 24.5 Å². The van der Waals surface area contributed by atoms with Crippen LogP contribution in [0.25, 0.3) is 11.5 Å². The van der Waals surface area contributed by atoms with Crippen LogP contribution in [-0.4, -0.2) is 40.9 Å². The van der Waals surface area contributed by atoms with Gasteiger partial charge < -0.3 is 18.8 Å². The van der Waals surface area contributed by atoms with E-state index in [-0.39, 0.29) is 18.6 Å². The maximum Gasteiger partial charge on any atom is 0.247 e. The van der Waals surface area contributed by atoms with Gasteiger partial charge >= 0.3 is 0 Å². The topological polar surface area (TPSA) is 77.7 Å². The Hall–Kier alpha value is -2.57. The number of hydrogen-bond donors (Lipinski definition) is 0. The van der Waals surface area contributed by atoms with E-state index in [0.29, 0.717) is 30.0 Å². The molecule has 0 radical (unpaired) electrons. The fraction of sp³-hybridized carbons (Fsp3) is 0.500. The summed E-state index contributed by atoms with van der Waals surface area (Å²) in [6.45, 7) is 1.76. The van der Waals surface area contributed by atoms with Gasteiger partial charge in [0.05, 0.1) is 5.92 Å². The molecule has 25 heavy (non-hydrogen) atoms. The van der Waals surface area contributed by atoms with Gasteiger partial charge in [0.25, 0.3) is 0 Å². The molecular weight excluding hydrogens is 322 g/mol. The van der Waals surface area contributed by atoms with E-state index in [2.05, 4.69) is 10.2 Å². The van der Waals surface area contributed by atoms with Crippen LogP contribution in [-0.2, 0) is 4.79 Å². The van der Waals surface area contributed by atoms with Crippen molar-refractivity contribution in [1.29, 1.82) is 0 Å². The number of carbonyl (C=O) groups is 1. The van der Waals surface area contributed by atoms with E-state index >= 15 is 0 Å². The zero-order chi connectivity index (χ0) is 16.8. The van der Waals surface area contributed by atoms with Crippen molar-refractivity contribution in [2.24, 2.45) is 5.92 Å². The first-order valence-corrected chi connectivity index (χ1v) is 8.80. The summed E-state index contributed by atoms with van der Waals surface area (Å²) in [6.07, 6.45) is 4.02. The van der Waals surface area contributed by atoms with Crippen molar-refractivity contribution < 1.29 is 18.7 Å². The third-order valence-corrected chi connectivity index (χ3v) is 5.07. The van der Waals surface area contributed by atoms with Crippen molar-refractivity contribution in [2.45, 2.75) is 31.6 Å². The van der Waals surface area contributed by atoms with Gasteiger partial charge in [0, 0.05) is 24.6 Å². The Labute approximate surface area is 144 Å². The summed E-state index contributed by atoms with van der Waals surface area (Å²) in [5.74, 6) is 3.17. The van der Waals surface area contributed by atoms with Crippen LogP contribution in [0.15, 0.2) is 22.6 Å². The number of nitrogens with zero attached hydrogens (tertiary/aromatic N) is 3. The SMILES string of the molecule is O=C(C1CC1)N1CCC[C@H](c2nnc(-c3ccc4c(c3)OCO4)o2)C1. The number of aromatic nitrogens is 2. The lowest BCUT2D eigenvalue weighted by atomic mass is 9.97. The predicted octanol–water partition coefficient (Wildman–Crippen LogP) is 2.58. The maximum atomic E-state index is 12.3. The summed E-state index contributed by atoms with van der Waals surface area (Å²) in [4.78, 5) is 14.3. The Morgan fingerprint density at radius 1 is 1.12 bits per heavy atom. The van der Waals surface area contributed by atoms with Gasteiger partial charge in [-0.25, -0.2) is 0 Å². The first-order chi connectivity index (χ1) is 12.3. The number of likely N-dealkylation sites (tertiary alicyclic amines) is 1. The molecule has 2 aromatic rings. The molecule has 0 N–H and O–H groups in total. The molecule has 1 atom stereocenters. The lowest BCUT2D eigenvalue weighted by Crippen LogP contribution is -2.40. The molecule has 3 heterocycles. The Kier molecular flexibility index (Phi) is 3.39. The summed E-state index contributed by atoms with van der Waals surface area (Å²) in [5.41, 5.74) is 0.810. The summed E-state index contributed by atoms with van der Waals surface area (Å²) in [5, 5.41) is 8.43. The Morgan fingerprint density at radius 3 is 2.88 bits per heavy atom. The fourth-order valence-corrected chi connectivity index (χ4v) is 3.51. The zero-order valence-electron chi connectivity index (χ0n) is 13.8. The summed E-state index contributed by atoms with van der Waals surface area (Å²) >= 11 is 0. The molecule has 1 saturated carbocycles. The van der Waals surface area contributed by atoms with Crippen LogP contribution in [0.4, 0.5) is 0 Å². The summed E-state index contributed by atoms with van der Waals surface area (Å²) < 4.78 is 16.6. The average molecular weight is 341 g/mol. The van der Waals surface area contributed by atoms with Crippen LogP contribution in [0.3, 0.4) is 0 Å². The smallest absolute Gasteiger partial charge is 0.247 e. The summed E-state index contributed by atoms with van der Waals surface area (Å²) in [7, 11) is 0. The van der Waals surface area contributed by atoms with E-state index in [0.717, 1.165) is 43.5 Å². The highest BCUT2D eigenvalue weighted by Crippen LogP contribution is 2.37. The third-order valence-electron chi connectivity index (χ3n) is 5.07. The van der Waals surface area contributed by atoms with Crippen molar-refractivity contribution in [2.75, 3.05) is 19.9 Å². The molecule has 7 heteroatoms. The van der Waals surface area contributed by atoms with E-state index in [9.17, 15) is 4.79 Å². The van der Waals surface area contributed by atoms with Crippen molar-refractivity contribution in [3.63, 3.8) is 0 Å². The third kappa shape index (κ3) is 2.73. The average Bonchev–Trinajstić information content (AvgIpc) is 3.19. The Balaban J connectivity index is 1.34.